The number of unbranched alkanes of at least 4 members (excludes halogenated alkanes) is 1. The van der Waals surface area contributed by atoms with Crippen LogP contribution in [0.15, 0.2) is 107 Å². The van der Waals surface area contributed by atoms with Crippen molar-refractivity contribution in [3.63, 3.8) is 0 Å². The van der Waals surface area contributed by atoms with Crippen LogP contribution >= 0.6 is 0 Å². The van der Waals surface area contributed by atoms with Crippen LogP contribution in [0.1, 0.15) is 47.1 Å². The van der Waals surface area contributed by atoms with Crippen LogP contribution in [0.2, 0.25) is 0 Å². The molecular weight excluding hydrogens is 633 g/mol. The number of nitrogens with one attached hydrogen (secondary N) is 1. The van der Waals surface area contributed by atoms with Crippen LogP contribution in [0.25, 0.3) is 16.8 Å². The van der Waals surface area contributed by atoms with Crippen LogP contribution in [0.3, 0.4) is 0 Å². The van der Waals surface area contributed by atoms with E-state index in [0.717, 1.165) is 17.2 Å². The van der Waals surface area contributed by atoms with Gasteiger partial charge in [-0.3, -0.25) is 9.36 Å². The number of hydrogen-bond acceptors (Lipinski definition) is 6. The minimum atomic E-state index is -4.68. The summed E-state index contributed by atoms with van der Waals surface area (Å²) in [7, 11) is -2.81. The summed E-state index contributed by atoms with van der Waals surface area (Å²) in [6.45, 7) is 1.99. The number of halogens is 3. The van der Waals surface area contributed by atoms with Crippen molar-refractivity contribution in [2.24, 2.45) is 0 Å². The fraction of sp³-hybridized carbons (Fsp3) is 0.206. The summed E-state index contributed by atoms with van der Waals surface area (Å²) in [6.07, 6.45) is -2.83. The molecule has 1 heterocycles. The summed E-state index contributed by atoms with van der Waals surface area (Å²) in [4.78, 5) is 26.1. The average Bonchev–Trinajstić information content (AvgIpc) is 3.37. The van der Waals surface area contributed by atoms with Crippen LogP contribution in [0.5, 0.6) is 5.75 Å². The number of ether oxygens (including phenoxy) is 1. The van der Waals surface area contributed by atoms with Crippen molar-refractivity contribution >= 4 is 15.9 Å². The molecule has 4 aromatic carbocycles. The Balaban J connectivity index is 1.43. The first-order valence-electron chi connectivity index (χ1n) is 14.7. The highest BCUT2D eigenvalue weighted by atomic mass is 32.2. The molecule has 0 bridgehead atoms. The van der Waals surface area contributed by atoms with Crippen LogP contribution in [0.4, 0.5) is 13.2 Å². The third-order valence-corrected chi connectivity index (χ3v) is 8.88. The third kappa shape index (κ3) is 7.30. The van der Waals surface area contributed by atoms with E-state index in [2.05, 4.69) is 9.82 Å². The molecule has 0 saturated heterocycles. The number of alkyl halides is 3. The van der Waals surface area contributed by atoms with Crippen LogP contribution < -0.4 is 15.1 Å². The van der Waals surface area contributed by atoms with Crippen molar-refractivity contribution < 1.29 is 31.1 Å². The summed E-state index contributed by atoms with van der Waals surface area (Å²) in [5.74, 6) is 0.0587. The van der Waals surface area contributed by atoms with Gasteiger partial charge in [0.2, 0.25) is 0 Å². The van der Waals surface area contributed by atoms with Crippen molar-refractivity contribution in [3.8, 4) is 22.6 Å². The highest BCUT2D eigenvalue weighted by Gasteiger charge is 2.35. The van der Waals surface area contributed by atoms with Crippen molar-refractivity contribution in [2.75, 3.05) is 7.11 Å². The van der Waals surface area contributed by atoms with E-state index in [1.807, 2.05) is 6.92 Å². The van der Waals surface area contributed by atoms with Crippen LogP contribution in [-0.4, -0.2) is 35.8 Å². The molecule has 13 heteroatoms. The van der Waals surface area contributed by atoms with Crippen LogP contribution in [-0.2, 0) is 29.2 Å². The van der Waals surface area contributed by atoms with E-state index in [1.54, 1.807) is 54.6 Å². The number of rotatable bonds is 11. The Kier molecular flexibility index (Phi) is 9.66. The van der Waals surface area contributed by atoms with E-state index in [4.69, 9.17) is 4.74 Å². The maximum atomic E-state index is 13.8. The van der Waals surface area contributed by atoms with Gasteiger partial charge in [0.1, 0.15) is 11.6 Å². The number of aromatic nitrogens is 3. The molecule has 5 rings (SSSR count). The standard InChI is InChI=1S/C34H31F3N4O5S/c1-3-4-13-31-38-41(29-11-7-6-10-28(29)34(35,36)37)33(43)40(31)22-23-14-16-24(17-15-23)27-9-5-8-12-30(27)47(44,45)39-32(42)25-18-20-26(46-2)21-19-25/h5-12,14-21H,3-4,13,22H2,1-2H3,(H,39,42). The molecule has 1 amide bonds. The zero-order chi connectivity index (χ0) is 33.8. The molecule has 9 nitrogen and oxygen atoms in total. The Labute approximate surface area is 269 Å². The molecule has 0 fully saturated rings. The number of sulfonamides is 1. The maximum absolute atomic E-state index is 13.8. The second-order valence-electron chi connectivity index (χ2n) is 10.7. The molecule has 0 atom stereocenters. The highest BCUT2D eigenvalue weighted by molar-refractivity contribution is 7.90. The lowest BCUT2D eigenvalue weighted by molar-refractivity contribution is -0.137. The van der Waals surface area contributed by atoms with Crippen molar-refractivity contribution in [2.45, 2.75) is 43.8 Å². The van der Waals surface area contributed by atoms with Gasteiger partial charge in [-0.2, -0.15) is 17.9 Å². The minimum Gasteiger partial charge on any atom is -0.497 e. The molecule has 0 saturated carbocycles. The SMILES string of the molecule is CCCCc1nn(-c2ccccc2C(F)(F)F)c(=O)n1Cc1ccc(-c2ccccc2S(=O)(=O)NC(=O)c2ccc(OC)cc2)cc1. The lowest BCUT2D eigenvalue weighted by atomic mass is 10.0. The molecule has 5 aromatic rings. The lowest BCUT2D eigenvalue weighted by Crippen LogP contribution is -2.30. The van der Waals surface area contributed by atoms with Gasteiger partial charge in [-0.1, -0.05) is 67.9 Å². The van der Waals surface area contributed by atoms with E-state index in [9.17, 15) is 31.2 Å². The Bertz CT molecular complexity index is 2050. The Morgan fingerprint density at radius 3 is 2.23 bits per heavy atom. The minimum absolute atomic E-state index is 0.0320. The number of hydrogen-bond donors (Lipinski definition) is 1. The molecule has 0 aliphatic carbocycles. The largest absolute Gasteiger partial charge is 0.497 e. The molecule has 1 aromatic heterocycles. The zero-order valence-corrected chi connectivity index (χ0v) is 26.3. The molecule has 0 unspecified atom stereocenters. The number of benzene rings is 4. The van der Waals surface area contributed by atoms with Gasteiger partial charge in [-0.25, -0.2) is 17.9 Å². The summed E-state index contributed by atoms with van der Waals surface area (Å²) in [5.41, 5.74) is -0.381. The number of nitrogens with zero attached hydrogens (tertiary/aromatic N) is 3. The van der Waals surface area contributed by atoms with Gasteiger partial charge in [-0.05, 0) is 60.0 Å². The molecule has 0 aliphatic rings. The fourth-order valence-electron chi connectivity index (χ4n) is 5.06. The van der Waals surface area contributed by atoms with E-state index < -0.39 is 33.4 Å². The van der Waals surface area contributed by atoms with Crippen LogP contribution in [0, 0.1) is 0 Å². The number of methoxy groups -OCH3 is 1. The molecule has 1 N–H and O–H groups in total. The first-order chi connectivity index (χ1) is 22.4. The van der Waals surface area contributed by atoms with Gasteiger partial charge in [0, 0.05) is 17.5 Å². The number of carbonyl (C=O) groups is 1. The van der Waals surface area contributed by atoms with Crippen molar-refractivity contribution in [1.82, 2.24) is 19.1 Å². The average molecular weight is 665 g/mol. The summed E-state index contributed by atoms with van der Waals surface area (Å²) in [5, 5.41) is 4.31. The smallest absolute Gasteiger partial charge is 0.418 e. The predicted molar refractivity (Wildman–Crippen MR) is 170 cm³/mol. The van der Waals surface area contributed by atoms with Crippen molar-refractivity contribution in [1.29, 1.82) is 0 Å². The number of carbonyl (C=O) groups excluding carboxylic acids is 1. The quantitative estimate of drug-likeness (QED) is 0.179. The zero-order valence-electron chi connectivity index (χ0n) is 25.5. The van der Waals surface area contributed by atoms with E-state index in [-0.39, 0.29) is 22.7 Å². The van der Waals surface area contributed by atoms with E-state index in [1.165, 1.54) is 48.1 Å². The fourth-order valence-corrected chi connectivity index (χ4v) is 6.27. The van der Waals surface area contributed by atoms with Gasteiger partial charge >= 0.3 is 11.9 Å². The molecule has 47 heavy (non-hydrogen) atoms. The molecular formula is C34H31F3N4O5S. The third-order valence-electron chi connectivity index (χ3n) is 7.49. The normalized spacial score (nSPS) is 11.8. The second kappa shape index (κ2) is 13.7. The van der Waals surface area contributed by atoms with Crippen molar-refractivity contribution in [3.05, 3.63) is 130 Å². The first-order valence-corrected chi connectivity index (χ1v) is 16.2. The first kappa shape index (κ1) is 33.2. The number of para-hydroxylation sites is 1. The predicted octanol–water partition coefficient (Wildman–Crippen LogP) is 6.24. The molecule has 0 spiro atoms. The Morgan fingerprint density at radius 1 is 0.915 bits per heavy atom. The number of amides is 1. The molecule has 244 valence electrons. The van der Waals surface area contributed by atoms with Gasteiger partial charge in [0.25, 0.3) is 15.9 Å². The second-order valence-corrected chi connectivity index (χ2v) is 12.3. The lowest BCUT2D eigenvalue weighted by Gasteiger charge is -2.13. The Hall–Kier alpha value is -5.17. The summed E-state index contributed by atoms with van der Waals surface area (Å²) >= 11 is 0. The summed E-state index contributed by atoms with van der Waals surface area (Å²) in [6, 6.07) is 23.8. The van der Waals surface area contributed by atoms with Gasteiger partial charge in [-0.15, -0.1) is 5.10 Å². The molecule has 0 aliphatic heterocycles. The monoisotopic (exact) mass is 664 g/mol. The van der Waals surface area contributed by atoms with Gasteiger partial charge in [0.05, 0.1) is 29.8 Å². The van der Waals surface area contributed by atoms with E-state index in [0.29, 0.717) is 41.1 Å². The van der Waals surface area contributed by atoms with Gasteiger partial charge in [0.15, 0.2) is 0 Å². The number of aryl methyl sites for hydroxylation is 1. The molecule has 0 radical (unpaired) electrons. The Morgan fingerprint density at radius 2 is 1.57 bits per heavy atom. The highest BCUT2D eigenvalue weighted by Crippen LogP contribution is 2.33. The summed E-state index contributed by atoms with van der Waals surface area (Å²) < 4.78 is 77.3. The maximum Gasteiger partial charge on any atom is 0.418 e. The topological polar surface area (TPSA) is 112 Å². The van der Waals surface area contributed by atoms with E-state index >= 15 is 0 Å². The van der Waals surface area contributed by atoms with Gasteiger partial charge < -0.3 is 4.74 Å².